The summed E-state index contributed by atoms with van der Waals surface area (Å²) in [5.41, 5.74) is 2.30. The fraction of sp³-hybridized carbons (Fsp3) is 0.429. The molecular weight excluding hydrogens is 226 g/mol. The van der Waals surface area contributed by atoms with E-state index in [1.165, 1.54) is 0 Å². The molecule has 1 unspecified atom stereocenters. The summed E-state index contributed by atoms with van der Waals surface area (Å²) in [6.07, 6.45) is 0. The van der Waals surface area contributed by atoms with Crippen LogP contribution in [-0.4, -0.2) is 30.4 Å². The van der Waals surface area contributed by atoms with Crippen molar-refractivity contribution in [3.05, 3.63) is 29.3 Å². The maximum Gasteiger partial charge on any atom is 0.244 e. The highest BCUT2D eigenvalue weighted by Gasteiger charge is 2.17. The van der Waals surface area contributed by atoms with Crippen LogP contribution >= 0.6 is 0 Å². The molecule has 0 radical (unpaired) electrons. The van der Waals surface area contributed by atoms with Crippen LogP contribution in [0.3, 0.4) is 0 Å². The summed E-state index contributed by atoms with van der Waals surface area (Å²) in [4.78, 5) is 13.6. The van der Waals surface area contributed by atoms with Crippen LogP contribution in [0.4, 0.5) is 5.69 Å². The molecule has 0 heterocycles. The first-order valence-electron chi connectivity index (χ1n) is 6.01. The Morgan fingerprint density at radius 1 is 1.56 bits per heavy atom. The van der Waals surface area contributed by atoms with Crippen molar-refractivity contribution in [1.29, 1.82) is 5.26 Å². The van der Waals surface area contributed by atoms with Crippen LogP contribution in [0, 0.1) is 18.3 Å². The lowest BCUT2D eigenvalue weighted by Gasteiger charge is -2.21. The predicted octanol–water partition coefficient (Wildman–Crippen LogP) is 2.15. The van der Waals surface area contributed by atoms with Crippen molar-refractivity contribution in [3.8, 4) is 6.07 Å². The standard InChI is InChI=1S/C14H19N3O/c1-5-17(4)14(18)11(3)16-13-7-6-10(2)8-12(13)9-15/h6-8,11,16H,5H2,1-4H3. The molecule has 4 nitrogen and oxygen atoms in total. The molecule has 96 valence electrons. The van der Waals surface area contributed by atoms with Gasteiger partial charge in [0.15, 0.2) is 0 Å². The van der Waals surface area contributed by atoms with Gasteiger partial charge in [-0.25, -0.2) is 0 Å². The molecule has 18 heavy (non-hydrogen) atoms. The number of nitriles is 1. The van der Waals surface area contributed by atoms with E-state index in [4.69, 9.17) is 5.26 Å². The van der Waals surface area contributed by atoms with E-state index in [1.54, 1.807) is 18.9 Å². The number of rotatable bonds is 4. The fourth-order valence-corrected chi connectivity index (χ4v) is 1.66. The number of hydrogen-bond acceptors (Lipinski definition) is 3. The third kappa shape index (κ3) is 3.24. The highest BCUT2D eigenvalue weighted by Crippen LogP contribution is 2.17. The maximum atomic E-state index is 11.9. The van der Waals surface area contributed by atoms with Crippen LogP contribution in [0.25, 0.3) is 0 Å². The van der Waals surface area contributed by atoms with E-state index >= 15 is 0 Å². The minimum Gasteiger partial charge on any atom is -0.373 e. The average Bonchev–Trinajstić information content (AvgIpc) is 2.38. The van der Waals surface area contributed by atoms with E-state index in [2.05, 4.69) is 11.4 Å². The molecule has 0 saturated heterocycles. The predicted molar refractivity (Wildman–Crippen MR) is 72.3 cm³/mol. The monoisotopic (exact) mass is 245 g/mol. The van der Waals surface area contributed by atoms with Crippen molar-refractivity contribution in [3.63, 3.8) is 0 Å². The summed E-state index contributed by atoms with van der Waals surface area (Å²) < 4.78 is 0. The average molecular weight is 245 g/mol. The number of aryl methyl sites for hydroxylation is 1. The number of likely N-dealkylation sites (N-methyl/N-ethyl adjacent to an activating group) is 1. The van der Waals surface area contributed by atoms with Crippen molar-refractivity contribution in [2.45, 2.75) is 26.8 Å². The molecule has 0 saturated carbocycles. The molecular formula is C14H19N3O. The Morgan fingerprint density at radius 2 is 2.22 bits per heavy atom. The van der Waals surface area contributed by atoms with Gasteiger partial charge in [-0.05, 0) is 38.5 Å². The lowest BCUT2D eigenvalue weighted by molar-refractivity contribution is -0.130. The van der Waals surface area contributed by atoms with E-state index < -0.39 is 0 Å². The van der Waals surface area contributed by atoms with Crippen LogP contribution in [-0.2, 0) is 4.79 Å². The van der Waals surface area contributed by atoms with Gasteiger partial charge in [-0.15, -0.1) is 0 Å². The largest absolute Gasteiger partial charge is 0.373 e. The van der Waals surface area contributed by atoms with Crippen molar-refractivity contribution < 1.29 is 4.79 Å². The molecule has 0 aliphatic heterocycles. The van der Waals surface area contributed by atoms with Gasteiger partial charge in [-0.2, -0.15) is 5.26 Å². The third-order valence-electron chi connectivity index (χ3n) is 2.89. The topological polar surface area (TPSA) is 56.1 Å². The molecule has 1 aromatic carbocycles. The molecule has 1 amide bonds. The molecule has 1 rings (SSSR count). The number of nitrogens with one attached hydrogen (secondary N) is 1. The van der Waals surface area contributed by atoms with Gasteiger partial charge in [0.2, 0.25) is 5.91 Å². The second-order valence-corrected chi connectivity index (χ2v) is 4.38. The second kappa shape index (κ2) is 6.06. The summed E-state index contributed by atoms with van der Waals surface area (Å²) in [7, 11) is 1.76. The normalized spacial score (nSPS) is 11.5. The number of anilines is 1. The van der Waals surface area contributed by atoms with Crippen molar-refractivity contribution in [1.82, 2.24) is 4.90 Å². The highest BCUT2D eigenvalue weighted by molar-refractivity contribution is 5.84. The maximum absolute atomic E-state index is 11.9. The molecule has 0 aliphatic carbocycles. The molecule has 1 aromatic rings. The zero-order valence-corrected chi connectivity index (χ0v) is 11.3. The van der Waals surface area contributed by atoms with Gasteiger partial charge in [0.25, 0.3) is 0 Å². The Labute approximate surface area is 108 Å². The fourth-order valence-electron chi connectivity index (χ4n) is 1.66. The number of carbonyl (C=O) groups excluding carboxylic acids is 1. The minimum absolute atomic E-state index is 0.0157. The van der Waals surface area contributed by atoms with E-state index in [9.17, 15) is 4.79 Å². The number of nitrogens with zero attached hydrogens (tertiary/aromatic N) is 2. The van der Waals surface area contributed by atoms with Crippen LogP contribution in [0.1, 0.15) is 25.0 Å². The van der Waals surface area contributed by atoms with Crippen molar-refractivity contribution >= 4 is 11.6 Å². The summed E-state index contributed by atoms with van der Waals surface area (Å²) in [5.74, 6) is 0.0157. The molecule has 0 bridgehead atoms. The van der Waals surface area contributed by atoms with E-state index in [0.717, 1.165) is 5.56 Å². The Kier molecular flexibility index (Phi) is 4.73. The first-order chi connectivity index (χ1) is 8.49. The van der Waals surface area contributed by atoms with E-state index in [0.29, 0.717) is 17.8 Å². The number of benzene rings is 1. The lowest BCUT2D eigenvalue weighted by Crippen LogP contribution is -2.38. The van der Waals surface area contributed by atoms with Gasteiger partial charge in [-0.1, -0.05) is 6.07 Å². The Bertz CT molecular complexity index is 476. The first kappa shape index (κ1) is 14.0. The molecule has 0 aliphatic rings. The Hall–Kier alpha value is -2.02. The van der Waals surface area contributed by atoms with Gasteiger partial charge >= 0.3 is 0 Å². The molecule has 0 spiro atoms. The minimum atomic E-state index is -0.343. The Balaban J connectivity index is 2.85. The second-order valence-electron chi connectivity index (χ2n) is 4.38. The van der Waals surface area contributed by atoms with E-state index in [1.807, 2.05) is 32.0 Å². The first-order valence-corrected chi connectivity index (χ1v) is 6.01. The quantitative estimate of drug-likeness (QED) is 0.884. The number of carbonyl (C=O) groups is 1. The zero-order chi connectivity index (χ0) is 13.7. The van der Waals surface area contributed by atoms with Crippen LogP contribution in [0.2, 0.25) is 0 Å². The highest BCUT2D eigenvalue weighted by atomic mass is 16.2. The van der Waals surface area contributed by atoms with Crippen molar-refractivity contribution in [2.24, 2.45) is 0 Å². The molecule has 1 N–H and O–H groups in total. The van der Waals surface area contributed by atoms with Crippen molar-refractivity contribution in [2.75, 3.05) is 18.9 Å². The number of hydrogen-bond donors (Lipinski definition) is 1. The number of amides is 1. The molecule has 4 heteroatoms. The molecule has 1 atom stereocenters. The van der Waals surface area contributed by atoms with Crippen LogP contribution in [0.15, 0.2) is 18.2 Å². The third-order valence-corrected chi connectivity index (χ3v) is 2.89. The summed E-state index contributed by atoms with van der Waals surface area (Å²) in [5, 5.41) is 12.2. The van der Waals surface area contributed by atoms with Gasteiger partial charge in [0.05, 0.1) is 11.3 Å². The summed E-state index contributed by atoms with van der Waals surface area (Å²) in [6.45, 7) is 6.33. The van der Waals surface area contributed by atoms with Gasteiger partial charge < -0.3 is 10.2 Å². The van der Waals surface area contributed by atoms with Gasteiger partial charge in [-0.3, -0.25) is 4.79 Å². The van der Waals surface area contributed by atoms with E-state index in [-0.39, 0.29) is 11.9 Å². The van der Waals surface area contributed by atoms with Crippen LogP contribution in [0.5, 0.6) is 0 Å². The van der Waals surface area contributed by atoms with Crippen LogP contribution < -0.4 is 5.32 Å². The Morgan fingerprint density at radius 3 is 2.78 bits per heavy atom. The SMILES string of the molecule is CCN(C)C(=O)C(C)Nc1ccc(C)cc1C#N. The molecule has 0 aromatic heterocycles. The smallest absolute Gasteiger partial charge is 0.244 e. The zero-order valence-electron chi connectivity index (χ0n) is 11.3. The van der Waals surface area contributed by atoms with Gasteiger partial charge in [0.1, 0.15) is 12.1 Å². The summed E-state index contributed by atoms with van der Waals surface area (Å²) in [6, 6.07) is 7.36. The lowest BCUT2D eigenvalue weighted by atomic mass is 10.1. The van der Waals surface area contributed by atoms with Gasteiger partial charge in [0, 0.05) is 13.6 Å². The summed E-state index contributed by atoms with van der Waals surface area (Å²) >= 11 is 0. The molecule has 0 fully saturated rings.